The topological polar surface area (TPSA) is 123 Å². The zero-order valence-electron chi connectivity index (χ0n) is 17.7. The van der Waals surface area contributed by atoms with Gasteiger partial charge in [-0.2, -0.15) is 4.98 Å². The summed E-state index contributed by atoms with van der Waals surface area (Å²) in [5, 5.41) is 16.7. The fraction of sp³-hybridized carbons (Fsp3) is 0.333. The average molecular weight is 423 g/mol. The van der Waals surface area contributed by atoms with Crippen molar-refractivity contribution in [1.82, 2.24) is 29.3 Å². The first-order valence-corrected chi connectivity index (χ1v) is 10.0. The van der Waals surface area contributed by atoms with Crippen LogP contribution in [0.15, 0.2) is 41.2 Å². The number of fused-ring (bicyclic) bond motifs is 1. The number of methoxy groups -OCH3 is 1. The summed E-state index contributed by atoms with van der Waals surface area (Å²) in [6.07, 6.45) is 0.524. The summed E-state index contributed by atoms with van der Waals surface area (Å²) < 4.78 is 8.42. The molecule has 4 rings (SSSR count). The van der Waals surface area contributed by atoms with Gasteiger partial charge in [0.05, 0.1) is 13.7 Å². The lowest BCUT2D eigenvalue weighted by molar-refractivity contribution is 0.282. The van der Waals surface area contributed by atoms with Gasteiger partial charge in [-0.05, 0) is 18.9 Å². The van der Waals surface area contributed by atoms with Crippen molar-refractivity contribution in [2.24, 2.45) is 7.05 Å². The van der Waals surface area contributed by atoms with Crippen LogP contribution in [0.4, 0.5) is 5.82 Å². The molecule has 0 bridgehead atoms. The normalized spacial score (nSPS) is 12.3. The van der Waals surface area contributed by atoms with Gasteiger partial charge >= 0.3 is 5.69 Å². The van der Waals surface area contributed by atoms with Crippen LogP contribution in [0.1, 0.15) is 18.9 Å². The first kappa shape index (κ1) is 20.6. The minimum Gasteiger partial charge on any atom is -0.480 e. The first-order chi connectivity index (χ1) is 15.0. The van der Waals surface area contributed by atoms with E-state index in [0.717, 1.165) is 5.56 Å². The molecule has 0 aliphatic carbocycles. The molecule has 3 aromatic heterocycles. The summed E-state index contributed by atoms with van der Waals surface area (Å²) in [5.74, 6) is 1.41. The Morgan fingerprint density at radius 3 is 2.71 bits per heavy atom. The summed E-state index contributed by atoms with van der Waals surface area (Å²) in [6, 6.07) is 11.4. The zero-order valence-corrected chi connectivity index (χ0v) is 17.7. The third-order valence-corrected chi connectivity index (χ3v) is 5.05. The summed E-state index contributed by atoms with van der Waals surface area (Å²) >= 11 is 0. The molecule has 1 unspecified atom stereocenters. The molecule has 31 heavy (non-hydrogen) atoms. The number of aliphatic hydroxyl groups is 1. The van der Waals surface area contributed by atoms with Crippen LogP contribution in [0.2, 0.25) is 0 Å². The van der Waals surface area contributed by atoms with Crippen molar-refractivity contribution < 1.29 is 9.84 Å². The number of rotatable bonds is 8. The highest BCUT2D eigenvalue weighted by molar-refractivity contribution is 5.85. The number of imidazole rings is 1. The number of H-pyrrole nitrogens is 1. The lowest BCUT2D eigenvalue weighted by Gasteiger charge is -2.14. The van der Waals surface area contributed by atoms with E-state index in [-0.39, 0.29) is 12.6 Å². The summed E-state index contributed by atoms with van der Waals surface area (Å²) in [6.45, 7) is 2.29. The maximum absolute atomic E-state index is 12.9. The van der Waals surface area contributed by atoms with Crippen LogP contribution < -0.4 is 15.7 Å². The number of benzene rings is 1. The van der Waals surface area contributed by atoms with E-state index in [1.807, 2.05) is 37.3 Å². The minimum absolute atomic E-state index is 0.0332. The van der Waals surface area contributed by atoms with Crippen LogP contribution in [-0.2, 0) is 13.6 Å². The Morgan fingerprint density at radius 2 is 2.03 bits per heavy atom. The molecule has 3 N–H and O–H groups in total. The lowest BCUT2D eigenvalue weighted by Crippen LogP contribution is -2.27. The van der Waals surface area contributed by atoms with E-state index in [1.165, 1.54) is 0 Å². The summed E-state index contributed by atoms with van der Waals surface area (Å²) in [5.41, 5.74) is 2.36. The number of ether oxygens (including phenoxy) is 1. The number of hydrogen-bond acceptors (Lipinski definition) is 7. The molecule has 0 aliphatic heterocycles. The number of nitrogens with zero attached hydrogens (tertiary/aromatic N) is 5. The zero-order chi connectivity index (χ0) is 22.0. The Bertz CT molecular complexity index is 1240. The molecule has 3 heterocycles. The highest BCUT2D eigenvalue weighted by Gasteiger charge is 2.20. The Labute approximate surface area is 178 Å². The van der Waals surface area contributed by atoms with Gasteiger partial charge in [-0.1, -0.05) is 30.3 Å². The van der Waals surface area contributed by atoms with Crippen molar-refractivity contribution in [3.8, 4) is 17.4 Å². The van der Waals surface area contributed by atoms with Crippen molar-refractivity contribution >= 4 is 17.0 Å². The Balaban J connectivity index is 1.87. The van der Waals surface area contributed by atoms with Crippen LogP contribution in [-0.4, -0.2) is 54.2 Å². The fourth-order valence-corrected chi connectivity index (χ4v) is 3.42. The number of aromatic nitrogens is 6. The summed E-state index contributed by atoms with van der Waals surface area (Å²) in [4.78, 5) is 25.2. The Morgan fingerprint density at radius 1 is 1.26 bits per heavy atom. The van der Waals surface area contributed by atoms with Crippen molar-refractivity contribution in [2.75, 3.05) is 19.0 Å². The number of nitrogens with one attached hydrogen (secondary N) is 2. The second kappa shape index (κ2) is 8.60. The highest BCUT2D eigenvalue weighted by atomic mass is 16.5. The van der Waals surface area contributed by atoms with Gasteiger partial charge in [-0.25, -0.2) is 9.78 Å². The molecule has 0 spiro atoms. The second-order valence-electron chi connectivity index (χ2n) is 7.35. The quantitative estimate of drug-likeness (QED) is 0.395. The van der Waals surface area contributed by atoms with Gasteiger partial charge in [0.25, 0.3) is 0 Å². The smallest absolute Gasteiger partial charge is 0.351 e. The lowest BCUT2D eigenvalue weighted by atomic mass is 10.2. The fourth-order valence-electron chi connectivity index (χ4n) is 3.42. The highest BCUT2D eigenvalue weighted by Crippen LogP contribution is 2.26. The minimum atomic E-state index is -0.407. The van der Waals surface area contributed by atoms with E-state index in [1.54, 1.807) is 29.5 Å². The maximum Gasteiger partial charge on any atom is 0.351 e. The molecule has 0 amide bonds. The van der Waals surface area contributed by atoms with E-state index in [2.05, 4.69) is 20.4 Å². The summed E-state index contributed by atoms with van der Waals surface area (Å²) in [7, 11) is 3.35. The number of hydrogen-bond donors (Lipinski definition) is 3. The molecular weight excluding hydrogens is 398 g/mol. The van der Waals surface area contributed by atoms with Crippen LogP contribution in [0.25, 0.3) is 22.7 Å². The number of aryl methyl sites for hydroxylation is 1. The SMILES string of the molecule is COc1cc(-c2nc3c([nH]2)c(NC(C)CCO)nc(=O)n3Cc2ccccc2)n(C)n1. The molecule has 10 nitrogen and oxygen atoms in total. The number of aromatic amines is 1. The molecular formula is C21H25N7O3. The third kappa shape index (κ3) is 4.15. The van der Waals surface area contributed by atoms with Crippen molar-refractivity contribution in [2.45, 2.75) is 25.9 Å². The van der Waals surface area contributed by atoms with Gasteiger partial charge in [0.15, 0.2) is 17.3 Å². The third-order valence-electron chi connectivity index (χ3n) is 5.05. The Kier molecular flexibility index (Phi) is 5.72. The molecule has 0 saturated heterocycles. The molecule has 0 radical (unpaired) electrons. The van der Waals surface area contributed by atoms with Crippen molar-refractivity contribution in [1.29, 1.82) is 0 Å². The van der Waals surface area contributed by atoms with Crippen LogP contribution >= 0.6 is 0 Å². The van der Waals surface area contributed by atoms with Gasteiger partial charge in [0.2, 0.25) is 5.88 Å². The standard InChI is InChI=1S/C21H25N7O3/c1-13(9-10-29)22-19-17-20(24-18(23-17)15-11-16(31-3)26-27(15)2)28(21(30)25-19)12-14-7-5-4-6-8-14/h4-8,11,13,29H,9-10,12H2,1-3H3,(H,23,24)(H,22,25,30). The van der Waals surface area contributed by atoms with E-state index in [9.17, 15) is 9.90 Å². The monoisotopic (exact) mass is 423 g/mol. The van der Waals surface area contributed by atoms with Gasteiger partial charge in [-0.15, -0.1) is 5.10 Å². The largest absolute Gasteiger partial charge is 0.480 e. The molecule has 0 aliphatic rings. The van der Waals surface area contributed by atoms with E-state index in [0.29, 0.717) is 47.3 Å². The second-order valence-corrected chi connectivity index (χ2v) is 7.35. The molecule has 1 aromatic carbocycles. The van der Waals surface area contributed by atoms with Gasteiger partial charge in [0, 0.05) is 25.8 Å². The van der Waals surface area contributed by atoms with Gasteiger partial charge < -0.3 is 20.1 Å². The van der Waals surface area contributed by atoms with Gasteiger partial charge in [0.1, 0.15) is 11.2 Å². The van der Waals surface area contributed by atoms with E-state index >= 15 is 0 Å². The predicted octanol–water partition coefficient (Wildman–Crippen LogP) is 1.76. The number of aliphatic hydroxyl groups excluding tert-OH is 1. The predicted molar refractivity (Wildman–Crippen MR) is 117 cm³/mol. The average Bonchev–Trinajstić information content (AvgIpc) is 3.35. The molecule has 0 fully saturated rings. The first-order valence-electron chi connectivity index (χ1n) is 10.0. The van der Waals surface area contributed by atoms with Crippen LogP contribution in [0.5, 0.6) is 5.88 Å². The van der Waals surface area contributed by atoms with E-state index in [4.69, 9.17) is 9.72 Å². The number of anilines is 1. The van der Waals surface area contributed by atoms with Crippen molar-refractivity contribution in [3.63, 3.8) is 0 Å². The molecule has 1 atom stereocenters. The molecule has 4 aromatic rings. The van der Waals surface area contributed by atoms with Crippen LogP contribution in [0.3, 0.4) is 0 Å². The van der Waals surface area contributed by atoms with E-state index < -0.39 is 5.69 Å². The van der Waals surface area contributed by atoms with Gasteiger partial charge in [-0.3, -0.25) is 9.25 Å². The molecule has 162 valence electrons. The molecule has 0 saturated carbocycles. The maximum atomic E-state index is 12.9. The van der Waals surface area contributed by atoms with Crippen molar-refractivity contribution in [3.05, 3.63) is 52.4 Å². The molecule has 10 heteroatoms. The van der Waals surface area contributed by atoms with Crippen LogP contribution in [0, 0.1) is 0 Å². The Hall–Kier alpha value is -3.66.